The van der Waals surface area contributed by atoms with Crippen LogP contribution in [0, 0.1) is 23.5 Å². The Balaban J connectivity index is 2.25. The normalized spacial score (nSPS) is 10.6. The molecule has 1 aromatic heterocycles. The molecule has 1 heterocycles. The van der Waals surface area contributed by atoms with E-state index in [4.69, 9.17) is 0 Å². The minimum atomic E-state index is -1.68. The van der Waals surface area contributed by atoms with Crippen molar-refractivity contribution in [3.63, 3.8) is 0 Å². The first-order valence-corrected chi connectivity index (χ1v) is 5.96. The molecule has 100 valence electrons. The van der Waals surface area contributed by atoms with E-state index in [9.17, 15) is 17.6 Å². The fourth-order valence-electron chi connectivity index (χ4n) is 1.48. The molecular formula is C12H7BrF4N2. The molecule has 0 saturated heterocycles. The van der Waals surface area contributed by atoms with Gasteiger partial charge in [-0.05, 0) is 17.7 Å². The Morgan fingerprint density at radius 3 is 2.26 bits per heavy atom. The van der Waals surface area contributed by atoms with E-state index in [2.05, 4.69) is 26.2 Å². The molecule has 0 atom stereocenters. The second-order valence-corrected chi connectivity index (χ2v) is 4.60. The highest BCUT2D eigenvalue weighted by Gasteiger charge is 2.20. The van der Waals surface area contributed by atoms with Gasteiger partial charge in [0, 0.05) is 11.0 Å². The molecule has 2 rings (SSSR count). The SMILES string of the molecule is Fc1nc(F)c(F)c(NCc2cccc(Br)c2)c1F. The summed E-state index contributed by atoms with van der Waals surface area (Å²) in [5, 5.41) is 2.32. The van der Waals surface area contributed by atoms with Crippen LogP contribution in [-0.2, 0) is 6.54 Å². The zero-order valence-corrected chi connectivity index (χ0v) is 10.9. The number of rotatable bonds is 3. The Morgan fingerprint density at radius 1 is 1.05 bits per heavy atom. The number of nitrogens with one attached hydrogen (secondary N) is 1. The van der Waals surface area contributed by atoms with Gasteiger partial charge in [-0.1, -0.05) is 28.1 Å². The van der Waals surface area contributed by atoms with Crippen LogP contribution in [-0.4, -0.2) is 4.98 Å². The van der Waals surface area contributed by atoms with Gasteiger partial charge < -0.3 is 5.32 Å². The molecule has 0 unspecified atom stereocenters. The van der Waals surface area contributed by atoms with Gasteiger partial charge in [0.2, 0.25) is 11.6 Å². The quantitative estimate of drug-likeness (QED) is 0.677. The smallest absolute Gasteiger partial charge is 0.253 e. The maximum absolute atomic E-state index is 13.3. The van der Waals surface area contributed by atoms with Crippen molar-refractivity contribution in [2.24, 2.45) is 0 Å². The molecule has 2 aromatic rings. The third kappa shape index (κ3) is 3.04. The predicted molar refractivity (Wildman–Crippen MR) is 65.5 cm³/mol. The summed E-state index contributed by atoms with van der Waals surface area (Å²) in [7, 11) is 0. The molecule has 0 bridgehead atoms. The largest absolute Gasteiger partial charge is 0.376 e. The summed E-state index contributed by atoms with van der Waals surface area (Å²) in [5.41, 5.74) is -0.184. The van der Waals surface area contributed by atoms with Crippen LogP contribution in [0.3, 0.4) is 0 Å². The lowest BCUT2D eigenvalue weighted by atomic mass is 10.2. The van der Waals surface area contributed by atoms with Gasteiger partial charge in [-0.3, -0.25) is 0 Å². The molecule has 0 fully saturated rings. The van der Waals surface area contributed by atoms with Gasteiger partial charge >= 0.3 is 0 Å². The Hall–Kier alpha value is -1.63. The Morgan fingerprint density at radius 2 is 1.68 bits per heavy atom. The zero-order chi connectivity index (χ0) is 14.0. The van der Waals surface area contributed by atoms with Gasteiger partial charge in [0.25, 0.3) is 11.9 Å². The third-order valence-corrected chi connectivity index (χ3v) is 2.85. The van der Waals surface area contributed by atoms with Crippen LogP contribution in [0.25, 0.3) is 0 Å². The summed E-state index contributed by atoms with van der Waals surface area (Å²) in [6.07, 6.45) is 0. The number of hydrogen-bond acceptors (Lipinski definition) is 2. The van der Waals surface area contributed by atoms with Crippen LogP contribution in [0.15, 0.2) is 28.7 Å². The number of hydrogen-bond donors (Lipinski definition) is 1. The maximum Gasteiger partial charge on any atom is 0.253 e. The third-order valence-electron chi connectivity index (χ3n) is 2.36. The van der Waals surface area contributed by atoms with E-state index in [1.54, 1.807) is 24.3 Å². The number of nitrogens with zero attached hydrogens (tertiary/aromatic N) is 1. The van der Waals surface area contributed by atoms with Gasteiger partial charge in [-0.25, -0.2) is 0 Å². The summed E-state index contributed by atoms with van der Waals surface area (Å²) in [6.45, 7) is 0.0101. The van der Waals surface area contributed by atoms with Gasteiger partial charge in [0.15, 0.2) is 0 Å². The van der Waals surface area contributed by atoms with Gasteiger partial charge in [0.1, 0.15) is 5.69 Å². The van der Waals surface area contributed by atoms with Crippen LogP contribution < -0.4 is 5.32 Å². The lowest BCUT2D eigenvalue weighted by Crippen LogP contribution is -2.09. The van der Waals surface area contributed by atoms with Crippen LogP contribution in [0.5, 0.6) is 0 Å². The summed E-state index contributed by atoms with van der Waals surface area (Å²) in [4.78, 5) is 2.47. The average molecular weight is 335 g/mol. The molecule has 7 heteroatoms. The first kappa shape index (κ1) is 13.8. The number of anilines is 1. The molecule has 0 aliphatic heterocycles. The summed E-state index contributed by atoms with van der Waals surface area (Å²) in [6, 6.07) is 6.90. The molecular weight excluding hydrogens is 328 g/mol. The van der Waals surface area contributed by atoms with Crippen LogP contribution in [0.4, 0.5) is 23.2 Å². The average Bonchev–Trinajstić information content (AvgIpc) is 2.36. The fourth-order valence-corrected chi connectivity index (χ4v) is 1.93. The molecule has 0 aliphatic rings. The molecule has 1 aromatic carbocycles. The number of halogens is 5. The monoisotopic (exact) mass is 334 g/mol. The Labute approximate surface area is 114 Å². The summed E-state index contributed by atoms with van der Waals surface area (Å²) in [5.74, 6) is -6.46. The van der Waals surface area contributed by atoms with E-state index < -0.39 is 29.2 Å². The van der Waals surface area contributed by atoms with Crippen LogP contribution in [0.2, 0.25) is 0 Å². The Kier molecular flexibility index (Phi) is 4.04. The molecule has 0 radical (unpaired) electrons. The predicted octanol–water partition coefficient (Wildman–Crippen LogP) is 4.01. The molecule has 19 heavy (non-hydrogen) atoms. The Bertz CT molecular complexity index is 593. The van der Waals surface area contributed by atoms with E-state index in [-0.39, 0.29) is 6.54 Å². The van der Waals surface area contributed by atoms with Crippen molar-refractivity contribution in [2.75, 3.05) is 5.32 Å². The van der Waals surface area contributed by atoms with Crippen molar-refractivity contribution < 1.29 is 17.6 Å². The highest BCUT2D eigenvalue weighted by Crippen LogP contribution is 2.23. The van der Waals surface area contributed by atoms with Crippen LogP contribution in [0.1, 0.15) is 5.56 Å². The highest BCUT2D eigenvalue weighted by atomic mass is 79.9. The minimum Gasteiger partial charge on any atom is -0.376 e. The minimum absolute atomic E-state index is 0.0101. The highest BCUT2D eigenvalue weighted by molar-refractivity contribution is 9.10. The van der Waals surface area contributed by atoms with Crippen LogP contribution >= 0.6 is 15.9 Å². The van der Waals surface area contributed by atoms with Crippen molar-refractivity contribution in [3.8, 4) is 0 Å². The molecule has 0 saturated carbocycles. The van der Waals surface area contributed by atoms with E-state index in [0.717, 1.165) is 4.47 Å². The molecule has 0 amide bonds. The lowest BCUT2D eigenvalue weighted by molar-refractivity contribution is 0.410. The summed E-state index contributed by atoms with van der Waals surface area (Å²) < 4.78 is 53.1. The van der Waals surface area contributed by atoms with E-state index in [1.807, 2.05) is 0 Å². The van der Waals surface area contributed by atoms with Crippen molar-refractivity contribution in [1.82, 2.24) is 4.98 Å². The van der Waals surface area contributed by atoms with E-state index >= 15 is 0 Å². The molecule has 0 aliphatic carbocycles. The molecule has 1 N–H and O–H groups in total. The molecule has 2 nitrogen and oxygen atoms in total. The van der Waals surface area contributed by atoms with E-state index in [1.165, 1.54) is 0 Å². The standard InChI is InChI=1S/C12H7BrF4N2/c13-7-3-1-2-6(4-7)5-18-10-8(14)11(16)19-12(17)9(10)15/h1-4H,5H2,(H,18,19). The fraction of sp³-hybridized carbons (Fsp3) is 0.0833. The first-order chi connectivity index (χ1) is 8.99. The second kappa shape index (κ2) is 5.56. The lowest BCUT2D eigenvalue weighted by Gasteiger charge is -2.09. The van der Waals surface area contributed by atoms with Gasteiger partial charge in [0.05, 0.1) is 0 Å². The van der Waals surface area contributed by atoms with Gasteiger partial charge in [-0.2, -0.15) is 22.5 Å². The number of pyridine rings is 1. The van der Waals surface area contributed by atoms with Crippen molar-refractivity contribution >= 4 is 21.6 Å². The number of benzene rings is 1. The van der Waals surface area contributed by atoms with Crippen molar-refractivity contribution in [2.45, 2.75) is 6.54 Å². The first-order valence-electron chi connectivity index (χ1n) is 5.17. The van der Waals surface area contributed by atoms with E-state index in [0.29, 0.717) is 5.56 Å². The topological polar surface area (TPSA) is 24.9 Å². The number of aromatic nitrogens is 1. The summed E-state index contributed by atoms with van der Waals surface area (Å²) >= 11 is 3.23. The molecule has 0 spiro atoms. The van der Waals surface area contributed by atoms with Crippen molar-refractivity contribution in [3.05, 3.63) is 57.8 Å². The maximum atomic E-state index is 13.3. The van der Waals surface area contributed by atoms with Gasteiger partial charge in [-0.15, -0.1) is 0 Å². The zero-order valence-electron chi connectivity index (χ0n) is 9.35. The second-order valence-electron chi connectivity index (χ2n) is 3.68. The van der Waals surface area contributed by atoms with Crippen molar-refractivity contribution in [1.29, 1.82) is 0 Å².